The molecule has 0 aliphatic carbocycles. The smallest absolute Gasteiger partial charge is 0.273 e. The normalized spacial score (nSPS) is 10.8. The van der Waals surface area contributed by atoms with Gasteiger partial charge in [-0.25, -0.2) is 9.67 Å². The van der Waals surface area contributed by atoms with Gasteiger partial charge in [0.15, 0.2) is 5.65 Å². The second kappa shape index (κ2) is 8.95. The number of aryl methyl sites for hydroxylation is 1. The van der Waals surface area contributed by atoms with E-state index in [0.29, 0.717) is 11.3 Å². The van der Waals surface area contributed by atoms with Crippen molar-refractivity contribution in [2.45, 2.75) is 13.5 Å². The number of pyridine rings is 1. The van der Waals surface area contributed by atoms with Gasteiger partial charge in [0.05, 0.1) is 36.6 Å². The lowest BCUT2D eigenvalue weighted by Gasteiger charge is -2.10. The van der Waals surface area contributed by atoms with E-state index in [1.807, 2.05) is 37.3 Å². The molecule has 4 rings (SSSR count). The first-order valence-electron chi connectivity index (χ1n) is 10.00. The van der Waals surface area contributed by atoms with Gasteiger partial charge in [-0.2, -0.15) is 5.10 Å². The SMILES string of the molecule is COc1ccc(-c2ccnc3c2c(C)nn3CC(=O)Nc2ccc([N+](=O)[O-])cc2OC)cc1. The van der Waals surface area contributed by atoms with Crippen LogP contribution in [0.25, 0.3) is 22.2 Å². The van der Waals surface area contributed by atoms with Crippen molar-refractivity contribution in [2.24, 2.45) is 0 Å². The molecule has 168 valence electrons. The third-order valence-electron chi connectivity index (χ3n) is 5.17. The molecule has 33 heavy (non-hydrogen) atoms. The lowest BCUT2D eigenvalue weighted by atomic mass is 10.0. The minimum atomic E-state index is -0.529. The number of nitro groups is 1. The van der Waals surface area contributed by atoms with E-state index in [1.165, 1.54) is 30.0 Å². The molecule has 10 heteroatoms. The highest BCUT2D eigenvalue weighted by molar-refractivity contribution is 5.97. The standard InChI is InChI=1S/C23H21N5O5/c1-14-22-18(15-4-7-17(32-2)8-5-15)10-11-24-23(22)27(26-14)13-21(29)25-19-9-6-16(28(30)31)12-20(19)33-3/h4-12H,13H2,1-3H3,(H,25,29). The summed E-state index contributed by atoms with van der Waals surface area (Å²) in [6, 6.07) is 13.6. The quantitative estimate of drug-likeness (QED) is 0.336. The van der Waals surface area contributed by atoms with Gasteiger partial charge in [0.2, 0.25) is 5.91 Å². The minimum absolute atomic E-state index is 0.0937. The number of nitro benzene ring substituents is 1. The monoisotopic (exact) mass is 447 g/mol. The highest BCUT2D eigenvalue weighted by atomic mass is 16.6. The van der Waals surface area contributed by atoms with E-state index in [9.17, 15) is 14.9 Å². The molecular formula is C23H21N5O5. The summed E-state index contributed by atoms with van der Waals surface area (Å²) in [4.78, 5) is 27.6. The Morgan fingerprint density at radius 3 is 2.55 bits per heavy atom. The van der Waals surface area contributed by atoms with Crippen molar-refractivity contribution >= 4 is 28.3 Å². The van der Waals surface area contributed by atoms with Crippen molar-refractivity contribution < 1.29 is 19.2 Å². The minimum Gasteiger partial charge on any atom is -0.497 e. The number of benzene rings is 2. The van der Waals surface area contributed by atoms with Crippen LogP contribution in [0.1, 0.15) is 5.69 Å². The molecule has 2 heterocycles. The van der Waals surface area contributed by atoms with Gasteiger partial charge in [0.1, 0.15) is 18.0 Å². The van der Waals surface area contributed by atoms with Crippen LogP contribution in [0.2, 0.25) is 0 Å². The summed E-state index contributed by atoms with van der Waals surface area (Å²) in [6.45, 7) is 1.77. The Hall–Kier alpha value is -4.47. The van der Waals surface area contributed by atoms with E-state index >= 15 is 0 Å². The zero-order chi connectivity index (χ0) is 23.5. The Kier molecular flexibility index (Phi) is 5.90. The first-order chi connectivity index (χ1) is 15.9. The molecule has 0 saturated carbocycles. The molecule has 0 spiro atoms. The van der Waals surface area contributed by atoms with E-state index in [-0.39, 0.29) is 23.9 Å². The molecule has 2 aromatic carbocycles. The molecule has 2 aromatic heterocycles. The topological polar surface area (TPSA) is 121 Å². The van der Waals surface area contributed by atoms with Crippen LogP contribution < -0.4 is 14.8 Å². The molecule has 0 unspecified atom stereocenters. The fraction of sp³-hybridized carbons (Fsp3) is 0.174. The Morgan fingerprint density at radius 1 is 1.12 bits per heavy atom. The fourth-order valence-electron chi connectivity index (χ4n) is 3.63. The first kappa shape index (κ1) is 21.8. The largest absolute Gasteiger partial charge is 0.497 e. The number of carbonyl (C=O) groups excluding carboxylic acids is 1. The van der Waals surface area contributed by atoms with Crippen molar-refractivity contribution in [1.82, 2.24) is 14.8 Å². The number of carbonyl (C=O) groups is 1. The summed E-state index contributed by atoms with van der Waals surface area (Å²) in [5, 5.41) is 19.1. The Balaban J connectivity index is 1.62. The Labute approximate surface area is 188 Å². The summed E-state index contributed by atoms with van der Waals surface area (Å²) in [5.41, 5.74) is 3.44. The summed E-state index contributed by atoms with van der Waals surface area (Å²) in [7, 11) is 2.99. The maximum absolute atomic E-state index is 12.7. The van der Waals surface area contributed by atoms with Crippen LogP contribution >= 0.6 is 0 Å². The summed E-state index contributed by atoms with van der Waals surface area (Å²) >= 11 is 0. The van der Waals surface area contributed by atoms with Gasteiger partial charge in [0, 0.05) is 17.6 Å². The molecule has 0 atom stereocenters. The molecule has 1 amide bonds. The number of methoxy groups -OCH3 is 2. The highest BCUT2D eigenvalue weighted by Crippen LogP contribution is 2.31. The summed E-state index contributed by atoms with van der Waals surface area (Å²) in [6.07, 6.45) is 1.68. The average molecular weight is 447 g/mol. The van der Waals surface area contributed by atoms with Crippen LogP contribution in [-0.4, -0.2) is 39.8 Å². The number of nitrogens with one attached hydrogen (secondary N) is 1. The number of rotatable bonds is 7. The lowest BCUT2D eigenvalue weighted by Crippen LogP contribution is -2.20. The summed E-state index contributed by atoms with van der Waals surface area (Å²) < 4.78 is 11.9. The number of nitrogens with zero attached hydrogens (tertiary/aromatic N) is 4. The van der Waals surface area contributed by atoms with Crippen LogP contribution in [0.4, 0.5) is 11.4 Å². The van der Waals surface area contributed by atoms with Crippen molar-refractivity contribution in [3.05, 3.63) is 70.5 Å². The van der Waals surface area contributed by atoms with E-state index in [0.717, 1.165) is 28.0 Å². The highest BCUT2D eigenvalue weighted by Gasteiger charge is 2.18. The number of amides is 1. The van der Waals surface area contributed by atoms with E-state index in [2.05, 4.69) is 15.4 Å². The maximum atomic E-state index is 12.7. The van der Waals surface area contributed by atoms with Gasteiger partial charge in [0.25, 0.3) is 5.69 Å². The zero-order valence-corrected chi connectivity index (χ0v) is 18.2. The number of hydrogen-bond acceptors (Lipinski definition) is 7. The molecule has 0 aliphatic rings. The molecule has 0 bridgehead atoms. The number of fused-ring (bicyclic) bond motifs is 1. The number of anilines is 1. The maximum Gasteiger partial charge on any atom is 0.273 e. The van der Waals surface area contributed by atoms with E-state index in [4.69, 9.17) is 9.47 Å². The van der Waals surface area contributed by atoms with Crippen LogP contribution in [0.3, 0.4) is 0 Å². The van der Waals surface area contributed by atoms with Gasteiger partial charge in [-0.1, -0.05) is 12.1 Å². The molecule has 0 saturated heterocycles. The molecule has 1 N–H and O–H groups in total. The van der Waals surface area contributed by atoms with Gasteiger partial charge in [-0.15, -0.1) is 0 Å². The second-order valence-corrected chi connectivity index (χ2v) is 7.22. The molecule has 4 aromatic rings. The molecule has 10 nitrogen and oxygen atoms in total. The summed E-state index contributed by atoms with van der Waals surface area (Å²) in [5.74, 6) is 0.581. The molecule has 0 radical (unpaired) electrons. The third kappa shape index (κ3) is 4.31. The molecule has 0 fully saturated rings. The molecular weight excluding hydrogens is 426 g/mol. The van der Waals surface area contributed by atoms with Crippen molar-refractivity contribution in [3.63, 3.8) is 0 Å². The zero-order valence-electron chi connectivity index (χ0n) is 18.2. The van der Waals surface area contributed by atoms with Gasteiger partial charge < -0.3 is 14.8 Å². The van der Waals surface area contributed by atoms with Gasteiger partial charge in [-0.05, 0) is 42.3 Å². The van der Waals surface area contributed by atoms with Crippen LogP contribution in [0, 0.1) is 17.0 Å². The molecule has 0 aliphatic heterocycles. The third-order valence-corrected chi connectivity index (χ3v) is 5.17. The van der Waals surface area contributed by atoms with Gasteiger partial charge in [-0.3, -0.25) is 14.9 Å². The number of hydrogen-bond donors (Lipinski definition) is 1. The van der Waals surface area contributed by atoms with E-state index < -0.39 is 4.92 Å². The van der Waals surface area contributed by atoms with Crippen LogP contribution in [0.15, 0.2) is 54.7 Å². The number of ether oxygens (including phenoxy) is 2. The Bertz CT molecular complexity index is 1350. The van der Waals surface area contributed by atoms with Gasteiger partial charge >= 0.3 is 0 Å². The second-order valence-electron chi connectivity index (χ2n) is 7.22. The lowest BCUT2D eigenvalue weighted by molar-refractivity contribution is -0.384. The van der Waals surface area contributed by atoms with Crippen LogP contribution in [0.5, 0.6) is 11.5 Å². The predicted molar refractivity (Wildman–Crippen MR) is 123 cm³/mol. The predicted octanol–water partition coefficient (Wildman–Crippen LogP) is 3.97. The number of aromatic nitrogens is 3. The fourth-order valence-corrected chi connectivity index (χ4v) is 3.63. The Morgan fingerprint density at radius 2 is 1.88 bits per heavy atom. The van der Waals surface area contributed by atoms with E-state index in [1.54, 1.807) is 13.3 Å². The number of non-ortho nitro benzene ring substituents is 1. The average Bonchev–Trinajstić information content (AvgIpc) is 3.14. The van der Waals surface area contributed by atoms with Crippen molar-refractivity contribution in [1.29, 1.82) is 0 Å². The first-order valence-corrected chi connectivity index (χ1v) is 10.00. The van der Waals surface area contributed by atoms with Crippen LogP contribution in [-0.2, 0) is 11.3 Å². The van der Waals surface area contributed by atoms with Crippen molar-refractivity contribution in [2.75, 3.05) is 19.5 Å². The van der Waals surface area contributed by atoms with Crippen molar-refractivity contribution in [3.8, 4) is 22.6 Å².